The first kappa shape index (κ1) is 16.0. The molecule has 0 bridgehead atoms. The summed E-state index contributed by atoms with van der Waals surface area (Å²) >= 11 is 0. The van der Waals surface area contributed by atoms with Gasteiger partial charge in [-0.15, -0.1) is 5.10 Å². The predicted molar refractivity (Wildman–Crippen MR) is 87.8 cm³/mol. The van der Waals surface area contributed by atoms with Gasteiger partial charge in [0.1, 0.15) is 25.4 Å². The number of rotatable bonds is 5. The van der Waals surface area contributed by atoms with Gasteiger partial charge < -0.3 is 9.47 Å². The van der Waals surface area contributed by atoms with E-state index in [0.29, 0.717) is 24.8 Å². The summed E-state index contributed by atoms with van der Waals surface area (Å²) in [5.41, 5.74) is 2.56. The SMILES string of the molecule is [B]c1cc(OC2COC2)c(-n2nnnc2C)cc1C(C)(C)CC. The normalized spacial score (nSPS) is 15.5. The van der Waals surface area contributed by atoms with Gasteiger partial charge in [-0.05, 0) is 46.9 Å². The minimum absolute atomic E-state index is 0.0428. The molecule has 0 amide bonds. The number of ether oxygens (including phenoxy) is 2. The smallest absolute Gasteiger partial charge is 0.153 e. The second-order valence-electron chi connectivity index (χ2n) is 6.56. The number of aromatic nitrogens is 4. The quantitative estimate of drug-likeness (QED) is 0.777. The summed E-state index contributed by atoms with van der Waals surface area (Å²) in [6.07, 6.45) is 1.03. The van der Waals surface area contributed by atoms with Crippen molar-refractivity contribution in [3.63, 3.8) is 0 Å². The van der Waals surface area contributed by atoms with Crippen molar-refractivity contribution in [1.29, 1.82) is 0 Å². The highest BCUT2D eigenvalue weighted by Crippen LogP contribution is 2.32. The Morgan fingerprint density at radius 1 is 1.39 bits per heavy atom. The van der Waals surface area contributed by atoms with Crippen LogP contribution in [0.3, 0.4) is 0 Å². The molecule has 120 valence electrons. The summed E-state index contributed by atoms with van der Waals surface area (Å²) in [5.74, 6) is 1.38. The van der Waals surface area contributed by atoms with E-state index in [0.717, 1.165) is 23.1 Å². The largest absolute Gasteiger partial charge is 0.483 e. The summed E-state index contributed by atoms with van der Waals surface area (Å²) in [4.78, 5) is 0. The third-order valence-electron chi connectivity index (χ3n) is 4.50. The first-order valence-corrected chi connectivity index (χ1v) is 7.86. The number of benzene rings is 1. The Balaban J connectivity index is 2.11. The number of hydrogen-bond donors (Lipinski definition) is 0. The van der Waals surface area contributed by atoms with Crippen LogP contribution >= 0.6 is 0 Å². The van der Waals surface area contributed by atoms with Crippen molar-refractivity contribution in [2.24, 2.45) is 0 Å². The molecule has 0 atom stereocenters. The molecular formula is C16H21BN4O2. The molecule has 1 aromatic carbocycles. The first-order chi connectivity index (χ1) is 10.9. The molecule has 0 spiro atoms. The maximum absolute atomic E-state index is 6.31. The van der Waals surface area contributed by atoms with Crippen molar-refractivity contribution >= 4 is 13.3 Å². The molecule has 0 aliphatic carbocycles. The summed E-state index contributed by atoms with van der Waals surface area (Å²) < 4.78 is 12.9. The number of hydrogen-bond acceptors (Lipinski definition) is 5. The molecule has 2 heterocycles. The molecule has 0 N–H and O–H groups in total. The van der Waals surface area contributed by atoms with Crippen molar-refractivity contribution in [2.45, 2.75) is 45.6 Å². The van der Waals surface area contributed by atoms with E-state index in [-0.39, 0.29) is 11.5 Å². The van der Waals surface area contributed by atoms with Gasteiger partial charge in [-0.1, -0.05) is 26.2 Å². The third-order valence-corrected chi connectivity index (χ3v) is 4.50. The minimum Gasteiger partial charge on any atom is -0.483 e. The Bertz CT molecular complexity index is 710. The molecular weight excluding hydrogens is 291 g/mol. The van der Waals surface area contributed by atoms with Crippen LogP contribution in [0.15, 0.2) is 12.1 Å². The van der Waals surface area contributed by atoms with Gasteiger partial charge in [-0.2, -0.15) is 4.68 Å². The second-order valence-corrected chi connectivity index (χ2v) is 6.56. The Morgan fingerprint density at radius 2 is 2.13 bits per heavy atom. The van der Waals surface area contributed by atoms with E-state index in [1.165, 1.54) is 0 Å². The van der Waals surface area contributed by atoms with Crippen LogP contribution < -0.4 is 10.2 Å². The summed E-state index contributed by atoms with van der Waals surface area (Å²) in [6.45, 7) is 9.55. The lowest BCUT2D eigenvalue weighted by Crippen LogP contribution is -2.39. The third kappa shape index (κ3) is 2.97. The van der Waals surface area contributed by atoms with Crippen LogP contribution in [0.4, 0.5) is 0 Å². The molecule has 3 rings (SSSR count). The molecule has 1 aromatic heterocycles. The molecule has 2 aromatic rings. The van der Waals surface area contributed by atoms with Gasteiger partial charge in [-0.25, -0.2) is 0 Å². The molecule has 1 saturated heterocycles. The molecule has 0 unspecified atom stereocenters. The van der Waals surface area contributed by atoms with E-state index in [9.17, 15) is 0 Å². The predicted octanol–water partition coefficient (Wildman–Crippen LogP) is 1.23. The molecule has 1 fully saturated rings. The zero-order valence-corrected chi connectivity index (χ0v) is 14.0. The van der Waals surface area contributed by atoms with Crippen molar-refractivity contribution in [3.05, 3.63) is 23.5 Å². The maximum Gasteiger partial charge on any atom is 0.153 e. The van der Waals surface area contributed by atoms with Crippen molar-refractivity contribution in [1.82, 2.24) is 20.2 Å². The Morgan fingerprint density at radius 3 is 2.65 bits per heavy atom. The monoisotopic (exact) mass is 312 g/mol. The van der Waals surface area contributed by atoms with Crippen LogP contribution in [-0.4, -0.2) is 47.4 Å². The highest BCUT2D eigenvalue weighted by molar-refractivity contribution is 6.33. The lowest BCUT2D eigenvalue weighted by Gasteiger charge is -2.30. The average molecular weight is 312 g/mol. The summed E-state index contributed by atoms with van der Waals surface area (Å²) in [7, 11) is 6.31. The highest BCUT2D eigenvalue weighted by Gasteiger charge is 2.26. The van der Waals surface area contributed by atoms with E-state index in [2.05, 4.69) is 36.3 Å². The Kier molecular flexibility index (Phi) is 4.14. The van der Waals surface area contributed by atoms with E-state index in [4.69, 9.17) is 17.3 Å². The summed E-state index contributed by atoms with van der Waals surface area (Å²) in [6, 6.07) is 3.92. The topological polar surface area (TPSA) is 62.1 Å². The van der Waals surface area contributed by atoms with E-state index in [1.54, 1.807) is 4.68 Å². The van der Waals surface area contributed by atoms with E-state index < -0.39 is 0 Å². The van der Waals surface area contributed by atoms with Gasteiger partial charge in [0, 0.05) is 0 Å². The van der Waals surface area contributed by atoms with Crippen LogP contribution in [-0.2, 0) is 10.2 Å². The zero-order chi connectivity index (χ0) is 16.6. The van der Waals surface area contributed by atoms with Gasteiger partial charge in [-0.3, -0.25) is 0 Å². The van der Waals surface area contributed by atoms with Crippen LogP contribution in [0.5, 0.6) is 5.75 Å². The Labute approximate surface area is 137 Å². The van der Waals surface area contributed by atoms with Crippen molar-refractivity contribution < 1.29 is 9.47 Å². The minimum atomic E-state index is -0.0428. The molecule has 0 saturated carbocycles. The van der Waals surface area contributed by atoms with Crippen molar-refractivity contribution in [3.8, 4) is 11.4 Å². The van der Waals surface area contributed by atoms with E-state index >= 15 is 0 Å². The lowest BCUT2D eigenvalue weighted by molar-refractivity contribution is -0.0796. The standard InChI is InChI=1S/C16H21BN4O2/c1-5-16(3,4)12-6-14(21-10(2)18-19-20-21)15(7-13(12)17)23-11-8-22-9-11/h6-7,11H,5,8-9H2,1-4H3. The fourth-order valence-electron chi connectivity index (χ4n) is 2.54. The molecule has 6 nitrogen and oxygen atoms in total. The van der Waals surface area contributed by atoms with Gasteiger partial charge >= 0.3 is 0 Å². The van der Waals surface area contributed by atoms with Crippen molar-refractivity contribution in [2.75, 3.05) is 13.2 Å². The number of nitrogens with zero attached hydrogens (tertiary/aromatic N) is 4. The van der Waals surface area contributed by atoms with Gasteiger partial charge in [0.15, 0.2) is 5.82 Å². The van der Waals surface area contributed by atoms with Gasteiger partial charge in [0.2, 0.25) is 0 Å². The molecule has 23 heavy (non-hydrogen) atoms. The number of aryl methyl sites for hydroxylation is 1. The van der Waals surface area contributed by atoms with Crippen LogP contribution in [0.1, 0.15) is 38.6 Å². The second kappa shape index (κ2) is 5.96. The first-order valence-electron chi connectivity index (χ1n) is 7.86. The van der Waals surface area contributed by atoms with Crippen LogP contribution in [0, 0.1) is 6.92 Å². The fraction of sp³-hybridized carbons (Fsp3) is 0.562. The molecule has 2 radical (unpaired) electrons. The average Bonchev–Trinajstić information content (AvgIpc) is 2.89. The fourth-order valence-corrected chi connectivity index (χ4v) is 2.54. The number of tetrazole rings is 1. The summed E-state index contributed by atoms with van der Waals surface area (Å²) in [5, 5.41) is 11.8. The maximum atomic E-state index is 6.31. The van der Waals surface area contributed by atoms with Crippen LogP contribution in [0.25, 0.3) is 5.69 Å². The van der Waals surface area contributed by atoms with E-state index in [1.807, 2.05) is 19.1 Å². The molecule has 1 aliphatic rings. The zero-order valence-electron chi connectivity index (χ0n) is 14.0. The van der Waals surface area contributed by atoms with Gasteiger partial charge in [0.25, 0.3) is 0 Å². The lowest BCUT2D eigenvalue weighted by atomic mass is 9.74. The van der Waals surface area contributed by atoms with Crippen LogP contribution in [0.2, 0.25) is 0 Å². The molecule has 1 aliphatic heterocycles. The molecule has 7 heteroatoms. The highest BCUT2D eigenvalue weighted by atomic mass is 16.6. The van der Waals surface area contributed by atoms with Gasteiger partial charge in [0.05, 0.1) is 13.2 Å². The Hall–Kier alpha value is -1.89.